The minimum atomic E-state index is -0.181. The topological polar surface area (TPSA) is 3.24 Å². The van der Waals surface area contributed by atoms with E-state index >= 15 is 0 Å². The monoisotopic (exact) mass is 917 g/mol. The van der Waals surface area contributed by atoms with Crippen LogP contribution in [-0.4, -0.2) is 0 Å². The van der Waals surface area contributed by atoms with Crippen LogP contribution in [-0.2, 0) is 5.41 Å². The van der Waals surface area contributed by atoms with Crippen LogP contribution in [0.25, 0.3) is 99.4 Å². The molecule has 0 fully saturated rings. The SMILES string of the molecule is CC1(C)c2ccccc2-c2ccc(N(c3ccc(-c4ccc(-c5ccccc5-c5ccccc5)cc4)cc3)c3c(-c4cccc(-c5ccccc5-c5ccccc5)c4)c4ccccc4c4ccccc34)cc21. The van der Waals surface area contributed by atoms with Crippen LogP contribution in [0.1, 0.15) is 25.0 Å². The smallest absolute Gasteiger partial charge is 0.0624 e. The lowest BCUT2D eigenvalue weighted by Crippen LogP contribution is -2.17. The molecule has 0 N–H and O–H groups in total. The normalized spacial score (nSPS) is 12.4. The van der Waals surface area contributed by atoms with Crippen molar-refractivity contribution in [3.05, 3.63) is 284 Å². The van der Waals surface area contributed by atoms with E-state index < -0.39 is 0 Å². The summed E-state index contributed by atoms with van der Waals surface area (Å²) in [6, 6.07) is 101. The molecule has 0 aromatic heterocycles. The Balaban J connectivity index is 1.01. The maximum atomic E-state index is 2.54. The van der Waals surface area contributed by atoms with Crippen LogP contribution in [0.4, 0.5) is 17.1 Å². The molecule has 340 valence electrons. The van der Waals surface area contributed by atoms with Crippen molar-refractivity contribution in [2.45, 2.75) is 19.3 Å². The van der Waals surface area contributed by atoms with E-state index in [1.807, 2.05) is 0 Å². The molecule has 0 aliphatic heterocycles. The maximum Gasteiger partial charge on any atom is 0.0624 e. The maximum absolute atomic E-state index is 2.54. The van der Waals surface area contributed by atoms with Crippen LogP contribution < -0.4 is 4.90 Å². The molecular weight excluding hydrogens is 867 g/mol. The van der Waals surface area contributed by atoms with E-state index in [0.717, 1.165) is 22.6 Å². The molecule has 1 aliphatic rings. The summed E-state index contributed by atoms with van der Waals surface area (Å²) in [5.74, 6) is 0. The summed E-state index contributed by atoms with van der Waals surface area (Å²) in [5, 5.41) is 4.86. The van der Waals surface area contributed by atoms with E-state index in [2.05, 4.69) is 292 Å². The minimum absolute atomic E-state index is 0.181. The second kappa shape index (κ2) is 17.7. The quantitative estimate of drug-likeness (QED) is 0.130. The molecule has 12 aromatic rings. The van der Waals surface area contributed by atoms with Crippen LogP contribution >= 0.6 is 0 Å². The van der Waals surface area contributed by atoms with Gasteiger partial charge in [0.25, 0.3) is 0 Å². The molecule has 0 saturated carbocycles. The van der Waals surface area contributed by atoms with E-state index in [4.69, 9.17) is 0 Å². The Morgan fingerprint density at radius 3 is 1.26 bits per heavy atom. The molecule has 1 nitrogen and oxygen atoms in total. The van der Waals surface area contributed by atoms with Crippen LogP contribution in [0.5, 0.6) is 0 Å². The molecule has 1 aliphatic carbocycles. The Morgan fingerprint density at radius 1 is 0.250 bits per heavy atom. The van der Waals surface area contributed by atoms with E-state index in [9.17, 15) is 0 Å². The highest BCUT2D eigenvalue weighted by Crippen LogP contribution is 2.54. The third-order valence-electron chi connectivity index (χ3n) is 15.1. The van der Waals surface area contributed by atoms with Gasteiger partial charge in [0.1, 0.15) is 0 Å². The van der Waals surface area contributed by atoms with Crippen molar-refractivity contribution in [2.24, 2.45) is 0 Å². The molecule has 0 saturated heterocycles. The number of anilines is 3. The summed E-state index contributed by atoms with van der Waals surface area (Å²) >= 11 is 0. The molecular formula is C71H51N. The lowest BCUT2D eigenvalue weighted by molar-refractivity contribution is 0.660. The molecule has 0 unspecified atom stereocenters. The van der Waals surface area contributed by atoms with Gasteiger partial charge in [-0.15, -0.1) is 0 Å². The fourth-order valence-corrected chi connectivity index (χ4v) is 11.6. The zero-order valence-corrected chi connectivity index (χ0v) is 40.4. The summed E-state index contributed by atoms with van der Waals surface area (Å²) in [6.07, 6.45) is 0. The lowest BCUT2D eigenvalue weighted by atomic mass is 9.82. The summed E-state index contributed by atoms with van der Waals surface area (Å²) in [7, 11) is 0. The average Bonchev–Trinajstić information content (AvgIpc) is 3.68. The number of rotatable bonds is 9. The molecule has 12 aromatic carbocycles. The number of hydrogen-bond donors (Lipinski definition) is 0. The van der Waals surface area contributed by atoms with Gasteiger partial charge in [0.15, 0.2) is 0 Å². The van der Waals surface area contributed by atoms with Gasteiger partial charge in [-0.25, -0.2) is 0 Å². The predicted octanol–water partition coefficient (Wildman–Crippen LogP) is 19.8. The van der Waals surface area contributed by atoms with Gasteiger partial charge < -0.3 is 4.90 Å². The highest BCUT2D eigenvalue weighted by molar-refractivity contribution is 6.22. The van der Waals surface area contributed by atoms with Crippen molar-refractivity contribution in [3.63, 3.8) is 0 Å². The fourth-order valence-electron chi connectivity index (χ4n) is 11.6. The van der Waals surface area contributed by atoms with Crippen molar-refractivity contribution in [1.82, 2.24) is 0 Å². The highest BCUT2D eigenvalue weighted by Gasteiger charge is 2.36. The first-order chi connectivity index (χ1) is 35.5. The van der Waals surface area contributed by atoms with Gasteiger partial charge in [0.2, 0.25) is 0 Å². The molecule has 72 heavy (non-hydrogen) atoms. The minimum Gasteiger partial charge on any atom is -0.309 e. The van der Waals surface area contributed by atoms with Gasteiger partial charge in [-0.05, 0) is 130 Å². The Morgan fingerprint density at radius 2 is 0.653 bits per heavy atom. The summed E-state index contributed by atoms with van der Waals surface area (Å²) in [4.78, 5) is 2.54. The average molecular weight is 918 g/mol. The first kappa shape index (κ1) is 43.0. The molecule has 0 radical (unpaired) electrons. The summed E-state index contributed by atoms with van der Waals surface area (Å²) in [6.45, 7) is 4.75. The third-order valence-corrected chi connectivity index (χ3v) is 15.1. The van der Waals surface area contributed by atoms with Crippen LogP contribution in [0.2, 0.25) is 0 Å². The van der Waals surface area contributed by atoms with Crippen molar-refractivity contribution in [3.8, 4) is 77.9 Å². The Hall–Kier alpha value is -9.04. The van der Waals surface area contributed by atoms with Gasteiger partial charge in [-0.3, -0.25) is 0 Å². The molecule has 1 heteroatoms. The Bertz CT molecular complexity index is 3980. The van der Waals surface area contributed by atoms with Crippen molar-refractivity contribution < 1.29 is 0 Å². The van der Waals surface area contributed by atoms with Gasteiger partial charge in [0, 0.05) is 27.7 Å². The zero-order chi connectivity index (χ0) is 48.2. The molecule has 0 amide bonds. The zero-order valence-electron chi connectivity index (χ0n) is 40.4. The van der Waals surface area contributed by atoms with Gasteiger partial charge in [-0.2, -0.15) is 0 Å². The largest absolute Gasteiger partial charge is 0.309 e. The lowest BCUT2D eigenvalue weighted by Gasteiger charge is -2.32. The van der Waals surface area contributed by atoms with Crippen molar-refractivity contribution >= 4 is 38.6 Å². The predicted molar refractivity (Wildman–Crippen MR) is 306 cm³/mol. The van der Waals surface area contributed by atoms with Crippen molar-refractivity contribution in [2.75, 3.05) is 4.90 Å². The molecule has 0 atom stereocenters. The van der Waals surface area contributed by atoms with Crippen molar-refractivity contribution in [1.29, 1.82) is 0 Å². The Labute approximate surface area is 422 Å². The standard InChI is InChI=1S/C71H51N/c1-71(2)67-35-18-17-32-63(67)64-45-44-56(47-68(64)71)72(55-42-40-49(41-43-55)48-36-38-52(39-37-48)59-28-10-9-26-57(59)50-20-5-3-6-21-50)70-66-34-16-14-31-62(66)61-30-13-15-33-65(61)69(70)54-25-19-24-53(46-54)60-29-12-11-27-58(60)51-22-7-4-8-23-51/h3-47H,1-2H3. The summed E-state index contributed by atoms with van der Waals surface area (Å²) in [5.41, 5.74) is 22.9. The van der Waals surface area contributed by atoms with Gasteiger partial charge in [-0.1, -0.05) is 257 Å². The Kier molecular flexibility index (Phi) is 10.6. The second-order valence-electron chi connectivity index (χ2n) is 19.6. The highest BCUT2D eigenvalue weighted by atomic mass is 15.1. The first-order valence-electron chi connectivity index (χ1n) is 25.1. The van der Waals surface area contributed by atoms with Gasteiger partial charge in [0.05, 0.1) is 5.69 Å². The molecule has 0 heterocycles. The second-order valence-corrected chi connectivity index (χ2v) is 19.6. The van der Waals surface area contributed by atoms with E-state index in [1.54, 1.807) is 0 Å². The van der Waals surface area contributed by atoms with E-state index in [0.29, 0.717) is 0 Å². The first-order valence-corrected chi connectivity index (χ1v) is 25.1. The number of benzene rings is 12. The number of fused-ring (bicyclic) bond motifs is 6. The van der Waals surface area contributed by atoms with Crippen LogP contribution in [0, 0.1) is 0 Å². The van der Waals surface area contributed by atoms with Crippen LogP contribution in [0.3, 0.4) is 0 Å². The molecule has 0 spiro atoms. The third kappa shape index (κ3) is 7.33. The van der Waals surface area contributed by atoms with E-state index in [-0.39, 0.29) is 5.41 Å². The van der Waals surface area contributed by atoms with E-state index in [1.165, 1.54) is 105 Å². The molecule has 13 rings (SSSR count). The molecule has 0 bridgehead atoms. The number of hydrogen-bond acceptors (Lipinski definition) is 1. The number of nitrogens with zero attached hydrogens (tertiary/aromatic N) is 1. The summed E-state index contributed by atoms with van der Waals surface area (Å²) < 4.78 is 0. The van der Waals surface area contributed by atoms with Gasteiger partial charge >= 0.3 is 0 Å². The van der Waals surface area contributed by atoms with Crippen LogP contribution in [0.15, 0.2) is 273 Å². The fraction of sp³-hybridized carbons (Fsp3) is 0.0423.